The Morgan fingerprint density at radius 1 is 1.47 bits per heavy atom. The van der Waals surface area contributed by atoms with E-state index in [4.69, 9.17) is 27.9 Å². The highest BCUT2D eigenvalue weighted by molar-refractivity contribution is 6.33. The fourth-order valence-electron chi connectivity index (χ4n) is 2.37. The molecule has 17 heavy (non-hydrogen) atoms. The van der Waals surface area contributed by atoms with Crippen molar-refractivity contribution in [3.05, 3.63) is 33.8 Å². The van der Waals surface area contributed by atoms with Crippen molar-refractivity contribution in [2.45, 2.75) is 25.9 Å². The van der Waals surface area contributed by atoms with Crippen LogP contribution in [0.1, 0.15) is 18.9 Å². The first-order valence-electron chi connectivity index (χ1n) is 5.74. The molecule has 1 N–H and O–H groups in total. The van der Waals surface area contributed by atoms with Gasteiger partial charge in [0.15, 0.2) is 0 Å². The molecule has 1 aromatic carbocycles. The third-order valence-corrected chi connectivity index (χ3v) is 4.30. The molecule has 1 aliphatic heterocycles. The number of halogens is 2. The molecule has 0 radical (unpaired) electrons. The lowest BCUT2D eigenvalue weighted by Gasteiger charge is -2.30. The molecule has 2 unspecified atom stereocenters. The van der Waals surface area contributed by atoms with E-state index in [0.29, 0.717) is 23.1 Å². The summed E-state index contributed by atoms with van der Waals surface area (Å²) in [5.41, 5.74) is 0.750. The van der Waals surface area contributed by atoms with Crippen molar-refractivity contribution in [1.29, 1.82) is 0 Å². The Balaban J connectivity index is 2.27. The molecule has 1 aliphatic rings. The van der Waals surface area contributed by atoms with E-state index < -0.39 is 0 Å². The predicted molar refractivity (Wildman–Crippen MR) is 69.7 cm³/mol. The van der Waals surface area contributed by atoms with Gasteiger partial charge in [0.2, 0.25) is 0 Å². The van der Waals surface area contributed by atoms with Gasteiger partial charge in [0.25, 0.3) is 0 Å². The van der Waals surface area contributed by atoms with Gasteiger partial charge in [0, 0.05) is 22.1 Å². The summed E-state index contributed by atoms with van der Waals surface area (Å²) in [5, 5.41) is 11.0. The highest BCUT2D eigenvalue weighted by Crippen LogP contribution is 2.39. The molecule has 0 amide bonds. The van der Waals surface area contributed by atoms with Gasteiger partial charge in [0.1, 0.15) is 0 Å². The van der Waals surface area contributed by atoms with Crippen LogP contribution < -0.4 is 0 Å². The second-order valence-corrected chi connectivity index (χ2v) is 5.54. The van der Waals surface area contributed by atoms with Gasteiger partial charge in [-0.25, -0.2) is 0 Å². The normalized spacial score (nSPS) is 28.6. The average Bonchev–Trinajstić information content (AvgIpc) is 2.66. The van der Waals surface area contributed by atoms with Crippen LogP contribution in [0.2, 0.25) is 10.0 Å². The van der Waals surface area contributed by atoms with Gasteiger partial charge >= 0.3 is 0 Å². The zero-order chi connectivity index (χ0) is 12.5. The van der Waals surface area contributed by atoms with E-state index in [1.165, 1.54) is 0 Å². The molecule has 0 spiro atoms. The molecule has 1 aromatic rings. The highest BCUT2D eigenvalue weighted by atomic mass is 35.5. The Labute approximate surface area is 111 Å². The van der Waals surface area contributed by atoms with Crippen molar-refractivity contribution in [2.75, 3.05) is 13.2 Å². The minimum Gasteiger partial charge on any atom is -0.396 e. The van der Waals surface area contributed by atoms with Gasteiger partial charge in [-0.05, 0) is 43.5 Å². The van der Waals surface area contributed by atoms with Crippen molar-refractivity contribution in [1.82, 2.24) is 0 Å². The third-order valence-electron chi connectivity index (χ3n) is 3.70. The topological polar surface area (TPSA) is 29.5 Å². The van der Waals surface area contributed by atoms with E-state index in [-0.39, 0.29) is 18.1 Å². The number of ether oxygens (including phenoxy) is 1. The third kappa shape index (κ3) is 2.60. The maximum atomic E-state index is 9.65. The molecule has 2 nitrogen and oxygen atoms in total. The fourth-order valence-corrected chi connectivity index (χ4v) is 2.75. The number of aliphatic hydroxyl groups is 1. The van der Waals surface area contributed by atoms with Crippen LogP contribution in [0.4, 0.5) is 0 Å². The molecule has 2 atom stereocenters. The van der Waals surface area contributed by atoms with Crippen LogP contribution in [0.25, 0.3) is 0 Å². The van der Waals surface area contributed by atoms with Crippen LogP contribution in [0.5, 0.6) is 0 Å². The van der Waals surface area contributed by atoms with Crippen LogP contribution in [0, 0.1) is 5.41 Å². The second kappa shape index (κ2) is 5.15. The number of rotatable bonds is 3. The first-order valence-corrected chi connectivity index (χ1v) is 6.49. The molecule has 0 bridgehead atoms. The van der Waals surface area contributed by atoms with Crippen molar-refractivity contribution in [3.8, 4) is 0 Å². The van der Waals surface area contributed by atoms with Crippen LogP contribution >= 0.6 is 23.2 Å². The van der Waals surface area contributed by atoms with Crippen molar-refractivity contribution >= 4 is 23.2 Å². The van der Waals surface area contributed by atoms with E-state index >= 15 is 0 Å². The van der Waals surface area contributed by atoms with Crippen LogP contribution in [-0.4, -0.2) is 24.4 Å². The van der Waals surface area contributed by atoms with E-state index in [1.54, 1.807) is 12.1 Å². The Hall–Kier alpha value is -0.280. The highest BCUT2D eigenvalue weighted by Gasteiger charge is 2.41. The predicted octanol–water partition coefficient (Wildman–Crippen LogP) is 3.32. The van der Waals surface area contributed by atoms with Crippen LogP contribution in [0.15, 0.2) is 18.2 Å². The van der Waals surface area contributed by atoms with Gasteiger partial charge in [-0.2, -0.15) is 0 Å². The molecule has 1 saturated heterocycles. The summed E-state index contributed by atoms with van der Waals surface area (Å²) >= 11 is 12.1. The minimum atomic E-state index is -0.228. The Kier molecular flexibility index (Phi) is 3.99. The zero-order valence-electron chi connectivity index (χ0n) is 9.75. The van der Waals surface area contributed by atoms with Crippen molar-refractivity contribution in [3.63, 3.8) is 0 Å². The molecule has 94 valence electrons. The first-order chi connectivity index (χ1) is 8.07. The van der Waals surface area contributed by atoms with Gasteiger partial charge in [-0.1, -0.05) is 23.2 Å². The van der Waals surface area contributed by atoms with Crippen molar-refractivity contribution in [2.24, 2.45) is 5.41 Å². The zero-order valence-corrected chi connectivity index (χ0v) is 11.3. The average molecular weight is 275 g/mol. The quantitative estimate of drug-likeness (QED) is 0.916. The number of hydrogen-bond acceptors (Lipinski definition) is 2. The van der Waals surface area contributed by atoms with Crippen LogP contribution in [0.3, 0.4) is 0 Å². The van der Waals surface area contributed by atoms with Crippen LogP contribution in [-0.2, 0) is 11.2 Å². The molecule has 1 fully saturated rings. The molecule has 0 aromatic heterocycles. The summed E-state index contributed by atoms with van der Waals surface area (Å²) < 4.78 is 5.57. The Bertz CT molecular complexity index is 408. The summed E-state index contributed by atoms with van der Waals surface area (Å²) in [7, 11) is 0. The number of aliphatic hydroxyl groups excluding tert-OH is 1. The van der Waals surface area contributed by atoms with Gasteiger partial charge in [-0.3, -0.25) is 0 Å². The van der Waals surface area contributed by atoms with E-state index in [1.807, 2.05) is 13.0 Å². The maximum absolute atomic E-state index is 9.65. The number of hydrogen-bond donors (Lipinski definition) is 1. The minimum absolute atomic E-state index is 0.0440. The summed E-state index contributed by atoms with van der Waals surface area (Å²) in [6.07, 6.45) is 1.60. The first kappa shape index (κ1) is 13.2. The summed E-state index contributed by atoms with van der Waals surface area (Å²) in [6.45, 7) is 2.80. The van der Waals surface area contributed by atoms with Crippen molar-refractivity contribution < 1.29 is 9.84 Å². The molecule has 0 aliphatic carbocycles. The maximum Gasteiger partial charge on any atom is 0.0629 e. The molecule has 1 heterocycles. The smallest absolute Gasteiger partial charge is 0.0629 e. The molecule has 0 saturated carbocycles. The van der Waals surface area contributed by atoms with Gasteiger partial charge < -0.3 is 9.84 Å². The van der Waals surface area contributed by atoms with E-state index in [0.717, 1.165) is 12.0 Å². The lowest BCUT2D eigenvalue weighted by atomic mass is 9.77. The second-order valence-electron chi connectivity index (χ2n) is 4.70. The lowest BCUT2D eigenvalue weighted by molar-refractivity contribution is 0.0272. The largest absolute Gasteiger partial charge is 0.396 e. The van der Waals surface area contributed by atoms with E-state index in [2.05, 4.69) is 0 Å². The summed E-state index contributed by atoms with van der Waals surface area (Å²) in [5.74, 6) is 0. The standard InChI is InChI=1S/C13H16Cl2O2/c1-9-13(8-16,4-5-17-9)7-10-6-11(14)2-3-12(10)15/h2-3,6,9,16H,4-5,7-8H2,1H3. The molecule has 2 rings (SSSR count). The Morgan fingerprint density at radius 2 is 2.24 bits per heavy atom. The molecular weight excluding hydrogens is 259 g/mol. The van der Waals surface area contributed by atoms with Gasteiger partial charge in [0.05, 0.1) is 12.7 Å². The molecular formula is C13H16Cl2O2. The van der Waals surface area contributed by atoms with E-state index in [9.17, 15) is 5.11 Å². The lowest BCUT2D eigenvalue weighted by Crippen LogP contribution is -2.35. The monoisotopic (exact) mass is 274 g/mol. The Morgan fingerprint density at radius 3 is 2.82 bits per heavy atom. The molecule has 4 heteroatoms. The van der Waals surface area contributed by atoms with Gasteiger partial charge in [-0.15, -0.1) is 0 Å². The summed E-state index contributed by atoms with van der Waals surface area (Å²) in [4.78, 5) is 0. The summed E-state index contributed by atoms with van der Waals surface area (Å²) in [6, 6.07) is 5.44. The SMILES string of the molecule is CC1OCCC1(CO)Cc1cc(Cl)ccc1Cl. The number of benzene rings is 1. The fraction of sp³-hybridized carbons (Fsp3) is 0.538.